The van der Waals surface area contributed by atoms with Gasteiger partial charge in [0.05, 0.1) is 29.8 Å². The summed E-state index contributed by atoms with van der Waals surface area (Å²) in [4.78, 5) is 24.9. The summed E-state index contributed by atoms with van der Waals surface area (Å²) in [5, 5.41) is 20.8. The molecular formula is C16H19N3O4. The van der Waals surface area contributed by atoms with Crippen molar-refractivity contribution in [2.45, 2.75) is 19.8 Å². The summed E-state index contributed by atoms with van der Waals surface area (Å²) >= 11 is 0. The summed E-state index contributed by atoms with van der Waals surface area (Å²) in [6.07, 6.45) is 1.23. The monoisotopic (exact) mass is 317 g/mol. The van der Waals surface area contributed by atoms with Crippen LogP contribution in [0.3, 0.4) is 0 Å². The van der Waals surface area contributed by atoms with Gasteiger partial charge in [0.2, 0.25) is 0 Å². The van der Waals surface area contributed by atoms with Gasteiger partial charge in [0, 0.05) is 13.1 Å². The molecule has 2 amide bonds. The van der Waals surface area contributed by atoms with E-state index in [4.69, 9.17) is 15.1 Å². The number of carbonyl (C=O) groups excluding carboxylic acids is 1. The van der Waals surface area contributed by atoms with Crippen molar-refractivity contribution in [1.82, 2.24) is 4.90 Å². The van der Waals surface area contributed by atoms with E-state index >= 15 is 0 Å². The van der Waals surface area contributed by atoms with Gasteiger partial charge in [0.15, 0.2) is 0 Å². The van der Waals surface area contributed by atoms with E-state index in [2.05, 4.69) is 5.32 Å². The molecule has 1 aromatic carbocycles. The van der Waals surface area contributed by atoms with Gasteiger partial charge in [-0.05, 0) is 38.0 Å². The highest BCUT2D eigenvalue weighted by Gasteiger charge is 2.28. The summed E-state index contributed by atoms with van der Waals surface area (Å²) < 4.78 is 5.45. The number of hydrogen-bond donors (Lipinski definition) is 2. The van der Waals surface area contributed by atoms with E-state index < -0.39 is 11.9 Å². The third kappa shape index (κ3) is 4.13. The third-order valence-corrected chi connectivity index (χ3v) is 3.71. The van der Waals surface area contributed by atoms with Crippen LogP contribution in [-0.4, -0.2) is 41.7 Å². The number of nitriles is 1. The van der Waals surface area contributed by atoms with Gasteiger partial charge in [-0.2, -0.15) is 5.26 Å². The zero-order valence-electron chi connectivity index (χ0n) is 12.9. The number of carbonyl (C=O) groups is 2. The van der Waals surface area contributed by atoms with Gasteiger partial charge in [-0.3, -0.25) is 4.79 Å². The number of aliphatic carboxylic acids is 1. The maximum atomic E-state index is 12.4. The van der Waals surface area contributed by atoms with Gasteiger partial charge in [-0.1, -0.05) is 0 Å². The number of carboxylic acid groups (broad SMARTS) is 1. The minimum absolute atomic E-state index is 0.184. The quantitative estimate of drug-likeness (QED) is 0.887. The summed E-state index contributed by atoms with van der Waals surface area (Å²) in [6, 6.07) is 6.42. The number of piperidine rings is 1. The Bertz CT molecular complexity index is 639. The Labute approximate surface area is 134 Å². The van der Waals surface area contributed by atoms with E-state index in [0.717, 1.165) is 0 Å². The number of ether oxygens (including phenoxy) is 1. The number of amides is 2. The number of rotatable bonds is 4. The van der Waals surface area contributed by atoms with Crippen molar-refractivity contribution in [3.8, 4) is 11.8 Å². The Morgan fingerprint density at radius 3 is 2.96 bits per heavy atom. The van der Waals surface area contributed by atoms with Crippen LogP contribution < -0.4 is 10.1 Å². The lowest BCUT2D eigenvalue weighted by atomic mass is 9.99. The molecule has 0 bridgehead atoms. The molecule has 1 heterocycles. The first-order valence-electron chi connectivity index (χ1n) is 7.50. The Hall–Kier alpha value is -2.75. The van der Waals surface area contributed by atoms with E-state index in [0.29, 0.717) is 43.0 Å². The highest BCUT2D eigenvalue weighted by Crippen LogP contribution is 2.27. The fourth-order valence-electron chi connectivity index (χ4n) is 2.54. The molecule has 1 saturated heterocycles. The first-order chi connectivity index (χ1) is 11.0. The van der Waals surface area contributed by atoms with Gasteiger partial charge in [-0.15, -0.1) is 0 Å². The molecule has 2 rings (SSSR count). The number of nitrogens with zero attached hydrogens (tertiary/aromatic N) is 2. The molecule has 7 heteroatoms. The van der Waals surface area contributed by atoms with Crippen LogP contribution in [-0.2, 0) is 4.79 Å². The molecule has 1 aliphatic rings. The van der Waals surface area contributed by atoms with Crippen LogP contribution in [0.25, 0.3) is 0 Å². The molecular weight excluding hydrogens is 298 g/mol. The third-order valence-electron chi connectivity index (χ3n) is 3.71. The van der Waals surface area contributed by atoms with E-state index in [1.54, 1.807) is 18.2 Å². The normalized spacial score (nSPS) is 17.2. The number of urea groups is 1. The Morgan fingerprint density at radius 1 is 1.52 bits per heavy atom. The van der Waals surface area contributed by atoms with Crippen molar-refractivity contribution in [1.29, 1.82) is 5.26 Å². The fourth-order valence-corrected chi connectivity index (χ4v) is 2.54. The maximum Gasteiger partial charge on any atom is 0.321 e. The Kier molecular flexibility index (Phi) is 5.41. The number of likely N-dealkylation sites (tertiary alicyclic amines) is 1. The lowest BCUT2D eigenvalue weighted by Crippen LogP contribution is -2.44. The molecule has 0 aromatic heterocycles. The van der Waals surface area contributed by atoms with Crippen molar-refractivity contribution in [3.05, 3.63) is 23.8 Å². The predicted molar refractivity (Wildman–Crippen MR) is 83.3 cm³/mol. The van der Waals surface area contributed by atoms with Crippen molar-refractivity contribution in [2.24, 2.45) is 5.92 Å². The van der Waals surface area contributed by atoms with E-state index in [1.807, 2.05) is 13.0 Å². The first kappa shape index (κ1) is 16.6. The van der Waals surface area contributed by atoms with E-state index in [1.165, 1.54) is 4.90 Å². The van der Waals surface area contributed by atoms with E-state index in [9.17, 15) is 9.59 Å². The molecule has 0 radical (unpaired) electrons. The fraction of sp³-hybridized carbons (Fsp3) is 0.438. The van der Waals surface area contributed by atoms with Gasteiger partial charge in [0.25, 0.3) is 0 Å². The van der Waals surface area contributed by atoms with Crippen molar-refractivity contribution < 1.29 is 19.4 Å². The molecule has 1 fully saturated rings. The van der Waals surface area contributed by atoms with E-state index in [-0.39, 0.29) is 12.6 Å². The number of carboxylic acids is 1. The summed E-state index contributed by atoms with van der Waals surface area (Å²) in [5.74, 6) is -0.943. The highest BCUT2D eigenvalue weighted by molar-refractivity contribution is 5.91. The molecule has 0 spiro atoms. The van der Waals surface area contributed by atoms with Gasteiger partial charge < -0.3 is 20.1 Å². The summed E-state index contributed by atoms with van der Waals surface area (Å²) in [7, 11) is 0. The molecule has 0 saturated carbocycles. The van der Waals surface area contributed by atoms with Crippen molar-refractivity contribution in [2.75, 3.05) is 25.0 Å². The lowest BCUT2D eigenvalue weighted by Gasteiger charge is -2.30. The standard InChI is InChI=1S/C16H19N3O4/c1-2-23-14-6-5-11(9-17)8-13(14)18-16(22)19-7-3-4-12(10-19)15(20)21/h5-6,8,12H,2-4,7,10H2,1H3,(H,18,22)(H,20,21). The number of benzene rings is 1. The molecule has 2 N–H and O–H groups in total. The topological polar surface area (TPSA) is 103 Å². The minimum Gasteiger partial charge on any atom is -0.492 e. The Balaban J connectivity index is 2.13. The summed E-state index contributed by atoms with van der Waals surface area (Å²) in [5.41, 5.74) is 0.819. The number of hydrogen-bond acceptors (Lipinski definition) is 4. The van der Waals surface area contributed by atoms with Crippen LogP contribution in [0.1, 0.15) is 25.3 Å². The van der Waals surface area contributed by atoms with Crippen LogP contribution in [0.2, 0.25) is 0 Å². The zero-order valence-corrected chi connectivity index (χ0v) is 12.9. The molecule has 1 aromatic rings. The molecule has 23 heavy (non-hydrogen) atoms. The van der Waals surface area contributed by atoms with Crippen LogP contribution in [0, 0.1) is 17.2 Å². The van der Waals surface area contributed by atoms with Gasteiger partial charge >= 0.3 is 12.0 Å². The molecule has 1 aliphatic heterocycles. The lowest BCUT2D eigenvalue weighted by molar-refractivity contribution is -0.143. The Morgan fingerprint density at radius 2 is 2.30 bits per heavy atom. The van der Waals surface area contributed by atoms with Crippen LogP contribution >= 0.6 is 0 Å². The molecule has 122 valence electrons. The van der Waals surface area contributed by atoms with Crippen LogP contribution in [0.4, 0.5) is 10.5 Å². The minimum atomic E-state index is -0.885. The van der Waals surface area contributed by atoms with Crippen LogP contribution in [0.15, 0.2) is 18.2 Å². The predicted octanol–water partition coefficient (Wildman–Crippen LogP) is 2.29. The average molecular weight is 317 g/mol. The highest BCUT2D eigenvalue weighted by atomic mass is 16.5. The largest absolute Gasteiger partial charge is 0.492 e. The second-order valence-electron chi connectivity index (χ2n) is 5.31. The molecule has 1 atom stereocenters. The molecule has 0 aliphatic carbocycles. The number of nitrogens with one attached hydrogen (secondary N) is 1. The number of anilines is 1. The van der Waals surface area contributed by atoms with Gasteiger partial charge in [0.1, 0.15) is 5.75 Å². The van der Waals surface area contributed by atoms with Crippen molar-refractivity contribution in [3.63, 3.8) is 0 Å². The molecule has 1 unspecified atom stereocenters. The van der Waals surface area contributed by atoms with Crippen LogP contribution in [0.5, 0.6) is 5.75 Å². The average Bonchev–Trinajstić information content (AvgIpc) is 2.56. The smallest absolute Gasteiger partial charge is 0.321 e. The second-order valence-corrected chi connectivity index (χ2v) is 5.31. The maximum absolute atomic E-state index is 12.4. The summed E-state index contributed by atoms with van der Waals surface area (Å²) in [6.45, 7) is 2.95. The zero-order chi connectivity index (χ0) is 16.8. The van der Waals surface area contributed by atoms with Gasteiger partial charge in [-0.25, -0.2) is 4.79 Å². The molecule has 7 nitrogen and oxygen atoms in total. The van der Waals surface area contributed by atoms with Crippen molar-refractivity contribution >= 4 is 17.7 Å². The second kappa shape index (κ2) is 7.49. The SMILES string of the molecule is CCOc1ccc(C#N)cc1NC(=O)N1CCCC(C(=O)O)C1. The first-order valence-corrected chi connectivity index (χ1v) is 7.50.